The molecule has 0 atom stereocenters. The first-order valence-electron chi connectivity index (χ1n) is 7.86. The van der Waals surface area contributed by atoms with Crippen LogP contribution in [-0.2, 0) is 4.74 Å². The van der Waals surface area contributed by atoms with Gasteiger partial charge in [-0.3, -0.25) is 0 Å². The summed E-state index contributed by atoms with van der Waals surface area (Å²) < 4.78 is 6.20. The standard InChI is InChI=1S/C17H21ClN2O/c18-17-11-14(6-5-13(17)12-19)20-9-7-16(8-10-20)21-15-3-1-2-4-15/h5-6,11,15-16H,1-4,7-10H2. The molecule has 1 saturated heterocycles. The number of piperidine rings is 1. The fourth-order valence-corrected chi connectivity index (χ4v) is 3.56. The van der Waals surface area contributed by atoms with Crippen molar-refractivity contribution < 1.29 is 4.74 Å². The minimum Gasteiger partial charge on any atom is -0.375 e. The predicted octanol–water partition coefficient (Wildman–Crippen LogP) is 4.14. The summed E-state index contributed by atoms with van der Waals surface area (Å²) in [7, 11) is 0. The van der Waals surface area contributed by atoms with Crippen molar-refractivity contribution in [2.45, 2.75) is 50.7 Å². The molecule has 0 unspecified atom stereocenters. The van der Waals surface area contributed by atoms with Gasteiger partial charge in [-0.05, 0) is 43.9 Å². The zero-order valence-electron chi connectivity index (χ0n) is 12.2. The number of nitriles is 1. The van der Waals surface area contributed by atoms with Crippen molar-refractivity contribution in [3.63, 3.8) is 0 Å². The number of anilines is 1. The molecule has 1 aliphatic carbocycles. The maximum atomic E-state index is 8.93. The summed E-state index contributed by atoms with van der Waals surface area (Å²) in [5, 5.41) is 9.47. The number of rotatable bonds is 3. The van der Waals surface area contributed by atoms with Crippen LogP contribution in [0.1, 0.15) is 44.1 Å². The van der Waals surface area contributed by atoms with Crippen LogP contribution in [0.5, 0.6) is 0 Å². The molecule has 0 aromatic heterocycles. The van der Waals surface area contributed by atoms with Crippen LogP contribution in [0, 0.1) is 11.3 Å². The van der Waals surface area contributed by atoms with Gasteiger partial charge in [0.2, 0.25) is 0 Å². The zero-order valence-corrected chi connectivity index (χ0v) is 13.0. The highest BCUT2D eigenvalue weighted by molar-refractivity contribution is 6.32. The molecule has 1 saturated carbocycles. The van der Waals surface area contributed by atoms with Gasteiger partial charge >= 0.3 is 0 Å². The van der Waals surface area contributed by atoms with E-state index in [-0.39, 0.29) is 0 Å². The van der Waals surface area contributed by atoms with Gasteiger partial charge in [0.05, 0.1) is 22.8 Å². The Morgan fingerprint density at radius 1 is 1.10 bits per heavy atom. The Balaban J connectivity index is 1.55. The first-order chi connectivity index (χ1) is 10.3. The van der Waals surface area contributed by atoms with Crippen molar-refractivity contribution in [3.8, 4) is 6.07 Å². The lowest BCUT2D eigenvalue weighted by Crippen LogP contribution is -2.38. The molecule has 0 N–H and O–H groups in total. The minimum absolute atomic E-state index is 0.415. The van der Waals surface area contributed by atoms with Crippen LogP contribution in [0.25, 0.3) is 0 Å². The quantitative estimate of drug-likeness (QED) is 0.842. The molecule has 0 radical (unpaired) electrons. The lowest BCUT2D eigenvalue weighted by Gasteiger charge is -2.34. The van der Waals surface area contributed by atoms with E-state index in [0.29, 0.717) is 22.8 Å². The van der Waals surface area contributed by atoms with Gasteiger partial charge in [-0.1, -0.05) is 24.4 Å². The Kier molecular flexibility index (Phi) is 4.67. The molecule has 3 rings (SSSR count). The molecule has 1 heterocycles. The molecule has 1 aromatic rings. The van der Waals surface area contributed by atoms with E-state index in [1.165, 1.54) is 25.7 Å². The van der Waals surface area contributed by atoms with E-state index in [1.807, 2.05) is 12.1 Å². The maximum absolute atomic E-state index is 8.93. The van der Waals surface area contributed by atoms with Gasteiger partial charge < -0.3 is 9.64 Å². The second-order valence-electron chi connectivity index (χ2n) is 6.00. The highest BCUT2D eigenvalue weighted by Gasteiger charge is 2.24. The third kappa shape index (κ3) is 3.51. The van der Waals surface area contributed by atoms with E-state index in [9.17, 15) is 0 Å². The first kappa shape index (κ1) is 14.7. The van der Waals surface area contributed by atoms with E-state index in [0.717, 1.165) is 31.6 Å². The second kappa shape index (κ2) is 6.68. The van der Waals surface area contributed by atoms with Crippen LogP contribution < -0.4 is 4.90 Å². The lowest BCUT2D eigenvalue weighted by atomic mass is 10.1. The minimum atomic E-state index is 0.415. The summed E-state index contributed by atoms with van der Waals surface area (Å²) in [6, 6.07) is 7.80. The maximum Gasteiger partial charge on any atom is 0.101 e. The van der Waals surface area contributed by atoms with Gasteiger partial charge in [-0.25, -0.2) is 0 Å². The molecule has 3 nitrogen and oxygen atoms in total. The van der Waals surface area contributed by atoms with Gasteiger partial charge in [0.25, 0.3) is 0 Å². The Hall–Kier alpha value is -1.24. The van der Waals surface area contributed by atoms with Crippen molar-refractivity contribution in [1.29, 1.82) is 5.26 Å². The highest BCUT2D eigenvalue weighted by Crippen LogP contribution is 2.29. The van der Waals surface area contributed by atoms with E-state index in [2.05, 4.69) is 11.0 Å². The average molecular weight is 305 g/mol. The Morgan fingerprint density at radius 2 is 1.76 bits per heavy atom. The third-order valence-corrected chi connectivity index (χ3v) is 4.88. The molecule has 0 spiro atoms. The van der Waals surface area contributed by atoms with Crippen molar-refractivity contribution >= 4 is 17.3 Å². The molecule has 1 aliphatic heterocycles. The summed E-state index contributed by atoms with van der Waals surface area (Å²) in [6.07, 6.45) is 8.21. The summed E-state index contributed by atoms with van der Waals surface area (Å²) in [6.45, 7) is 2.00. The molecular weight excluding hydrogens is 284 g/mol. The van der Waals surface area contributed by atoms with Crippen molar-refractivity contribution in [2.24, 2.45) is 0 Å². The predicted molar refractivity (Wildman–Crippen MR) is 84.7 cm³/mol. The summed E-state index contributed by atoms with van der Waals surface area (Å²) in [5.41, 5.74) is 1.65. The first-order valence-corrected chi connectivity index (χ1v) is 8.24. The van der Waals surface area contributed by atoms with Crippen LogP contribution >= 0.6 is 11.6 Å². The number of hydrogen-bond acceptors (Lipinski definition) is 3. The van der Waals surface area contributed by atoms with Gasteiger partial charge in [0.1, 0.15) is 6.07 Å². The van der Waals surface area contributed by atoms with Crippen molar-refractivity contribution in [1.82, 2.24) is 0 Å². The fourth-order valence-electron chi connectivity index (χ4n) is 3.34. The topological polar surface area (TPSA) is 36.3 Å². The lowest BCUT2D eigenvalue weighted by molar-refractivity contribution is -0.0194. The molecule has 4 heteroatoms. The van der Waals surface area contributed by atoms with E-state index < -0.39 is 0 Å². The number of halogens is 1. The number of ether oxygens (including phenoxy) is 1. The normalized spacial score (nSPS) is 20.7. The van der Waals surface area contributed by atoms with Crippen LogP contribution in [0.4, 0.5) is 5.69 Å². The van der Waals surface area contributed by atoms with E-state index in [4.69, 9.17) is 21.6 Å². The summed E-state index contributed by atoms with van der Waals surface area (Å²) in [4.78, 5) is 2.33. The molecule has 112 valence electrons. The highest BCUT2D eigenvalue weighted by atomic mass is 35.5. The van der Waals surface area contributed by atoms with Crippen molar-refractivity contribution in [3.05, 3.63) is 28.8 Å². The Bertz CT molecular complexity index is 526. The summed E-state index contributed by atoms with van der Waals surface area (Å²) in [5.74, 6) is 0. The number of benzene rings is 1. The van der Waals surface area contributed by atoms with Crippen LogP contribution in [-0.4, -0.2) is 25.3 Å². The number of hydrogen-bond donors (Lipinski definition) is 0. The average Bonchev–Trinajstić information content (AvgIpc) is 3.01. The van der Waals surface area contributed by atoms with Crippen molar-refractivity contribution in [2.75, 3.05) is 18.0 Å². The Labute approximate surface area is 131 Å². The summed E-state index contributed by atoms with van der Waals surface area (Å²) >= 11 is 6.12. The molecule has 0 amide bonds. The fraction of sp³-hybridized carbons (Fsp3) is 0.588. The van der Waals surface area contributed by atoms with Gasteiger partial charge in [-0.2, -0.15) is 5.26 Å². The molecule has 2 aliphatic rings. The van der Waals surface area contributed by atoms with E-state index >= 15 is 0 Å². The zero-order chi connectivity index (χ0) is 14.7. The Morgan fingerprint density at radius 3 is 2.38 bits per heavy atom. The molecule has 2 fully saturated rings. The second-order valence-corrected chi connectivity index (χ2v) is 6.41. The van der Waals surface area contributed by atoms with Gasteiger partial charge in [0, 0.05) is 18.8 Å². The van der Waals surface area contributed by atoms with Gasteiger partial charge in [0.15, 0.2) is 0 Å². The van der Waals surface area contributed by atoms with E-state index in [1.54, 1.807) is 6.07 Å². The molecular formula is C17H21ClN2O. The van der Waals surface area contributed by atoms with Gasteiger partial charge in [-0.15, -0.1) is 0 Å². The molecule has 21 heavy (non-hydrogen) atoms. The SMILES string of the molecule is N#Cc1ccc(N2CCC(OC3CCCC3)CC2)cc1Cl. The van der Waals surface area contributed by atoms with Crippen LogP contribution in [0.15, 0.2) is 18.2 Å². The van der Waals surface area contributed by atoms with Crippen LogP contribution in [0.3, 0.4) is 0 Å². The van der Waals surface area contributed by atoms with Crippen LogP contribution in [0.2, 0.25) is 5.02 Å². The monoisotopic (exact) mass is 304 g/mol. The molecule has 1 aromatic carbocycles. The molecule has 0 bridgehead atoms. The number of nitrogens with zero attached hydrogens (tertiary/aromatic N) is 2. The largest absolute Gasteiger partial charge is 0.375 e. The third-order valence-electron chi connectivity index (χ3n) is 4.57. The smallest absolute Gasteiger partial charge is 0.101 e.